The van der Waals surface area contributed by atoms with Gasteiger partial charge in [0.2, 0.25) is 0 Å². The molecule has 0 bridgehead atoms. The molecule has 6 nitrogen and oxygen atoms in total. The van der Waals surface area contributed by atoms with Crippen molar-refractivity contribution < 1.29 is 22.6 Å². The minimum absolute atomic E-state index is 0.223. The van der Waals surface area contributed by atoms with Crippen LogP contribution in [0, 0.1) is 0 Å². The summed E-state index contributed by atoms with van der Waals surface area (Å²) in [6.07, 6.45) is 0. The van der Waals surface area contributed by atoms with E-state index in [4.69, 9.17) is 22.6 Å². The van der Waals surface area contributed by atoms with E-state index >= 15 is 0 Å². The highest BCUT2D eigenvalue weighted by atomic mass is 32.3. The number of aromatic hydroxyl groups is 1. The Hall–Kier alpha value is -1.57. The van der Waals surface area contributed by atoms with Crippen LogP contribution in [0.5, 0.6) is 5.88 Å². The molecule has 0 radical (unpaired) electrons. The fourth-order valence-corrected chi connectivity index (χ4v) is 1.06. The molecule has 2 rings (SSSR count). The fourth-order valence-electron chi connectivity index (χ4n) is 1.06. The number of hydrogen-bond acceptors (Lipinski definition) is 3. The molecule has 0 unspecified atom stereocenters. The van der Waals surface area contributed by atoms with Crippen LogP contribution in [0.15, 0.2) is 30.3 Å². The van der Waals surface area contributed by atoms with Crippen molar-refractivity contribution in [2.24, 2.45) is 0 Å². The SMILES string of the molecule is O=S(=O)(O)O.Oc1cc2ccccc2[nH]1. The number of benzene rings is 1. The number of hydrogen-bond donors (Lipinski definition) is 4. The standard InChI is InChI=1S/C8H7NO.H2O4S/c10-8-5-6-3-1-2-4-7(6)9-8;1-5(2,3)4/h1-5,9-10H;(H2,1,2,3,4). The summed E-state index contributed by atoms with van der Waals surface area (Å²) in [6, 6.07) is 9.45. The first kappa shape index (κ1) is 11.5. The Morgan fingerprint density at radius 1 is 1.13 bits per heavy atom. The van der Waals surface area contributed by atoms with Gasteiger partial charge in [0, 0.05) is 17.0 Å². The highest BCUT2D eigenvalue weighted by Gasteiger charge is 1.94. The Morgan fingerprint density at radius 3 is 2.20 bits per heavy atom. The molecule has 0 saturated heterocycles. The second-order valence-corrected chi connectivity index (χ2v) is 3.59. The third-order valence-electron chi connectivity index (χ3n) is 1.52. The molecule has 0 spiro atoms. The van der Waals surface area contributed by atoms with Gasteiger partial charge in [-0.2, -0.15) is 8.42 Å². The maximum absolute atomic E-state index is 9.00. The second kappa shape index (κ2) is 4.30. The lowest BCUT2D eigenvalue weighted by atomic mass is 10.3. The number of nitrogens with one attached hydrogen (secondary N) is 1. The number of aromatic amines is 1. The molecule has 0 saturated carbocycles. The minimum Gasteiger partial charge on any atom is -0.495 e. The largest absolute Gasteiger partial charge is 0.495 e. The van der Waals surface area contributed by atoms with Gasteiger partial charge in [0.05, 0.1) is 0 Å². The van der Waals surface area contributed by atoms with Crippen LogP contribution in [0.25, 0.3) is 10.9 Å². The summed E-state index contributed by atoms with van der Waals surface area (Å²) in [4.78, 5) is 2.81. The van der Waals surface area contributed by atoms with Gasteiger partial charge in [-0.25, -0.2) is 0 Å². The van der Waals surface area contributed by atoms with Crippen LogP contribution >= 0.6 is 0 Å². The van der Waals surface area contributed by atoms with Crippen LogP contribution in [0.2, 0.25) is 0 Å². The second-order valence-electron chi connectivity index (χ2n) is 2.69. The van der Waals surface area contributed by atoms with E-state index in [1.54, 1.807) is 6.07 Å². The summed E-state index contributed by atoms with van der Waals surface area (Å²) >= 11 is 0. The van der Waals surface area contributed by atoms with Gasteiger partial charge in [-0.1, -0.05) is 18.2 Å². The maximum Gasteiger partial charge on any atom is 0.394 e. The highest BCUT2D eigenvalue weighted by Crippen LogP contribution is 2.17. The molecule has 7 heteroatoms. The third kappa shape index (κ3) is 4.45. The first-order valence-electron chi connectivity index (χ1n) is 3.83. The molecule has 0 fully saturated rings. The van der Waals surface area contributed by atoms with Crippen LogP contribution in [-0.4, -0.2) is 27.6 Å². The van der Waals surface area contributed by atoms with E-state index in [1.807, 2.05) is 24.3 Å². The van der Waals surface area contributed by atoms with Crippen molar-refractivity contribution in [1.82, 2.24) is 4.98 Å². The molecule has 0 atom stereocenters. The Balaban J connectivity index is 0.000000195. The van der Waals surface area contributed by atoms with Crippen molar-refractivity contribution in [1.29, 1.82) is 0 Å². The molecule has 0 amide bonds. The van der Waals surface area contributed by atoms with Crippen molar-refractivity contribution in [3.63, 3.8) is 0 Å². The topological polar surface area (TPSA) is 111 Å². The minimum atomic E-state index is -4.67. The lowest BCUT2D eigenvalue weighted by Gasteiger charge is -1.83. The summed E-state index contributed by atoms with van der Waals surface area (Å²) in [7, 11) is -4.67. The number of para-hydroxylation sites is 1. The van der Waals surface area contributed by atoms with E-state index in [1.165, 1.54) is 0 Å². The molecular formula is C8H9NO5S. The lowest BCUT2D eigenvalue weighted by molar-refractivity contribution is 0.381. The molecule has 82 valence electrons. The Kier molecular flexibility index (Phi) is 3.30. The normalized spacial score (nSPS) is 10.8. The van der Waals surface area contributed by atoms with E-state index in [0.29, 0.717) is 0 Å². The van der Waals surface area contributed by atoms with Gasteiger partial charge in [0.25, 0.3) is 0 Å². The predicted octanol–water partition coefficient (Wildman–Crippen LogP) is 1.22. The summed E-state index contributed by atoms with van der Waals surface area (Å²) in [5.74, 6) is 0.223. The van der Waals surface area contributed by atoms with E-state index in [0.717, 1.165) is 10.9 Å². The molecule has 2 aromatic rings. The molecule has 4 N–H and O–H groups in total. The predicted molar refractivity (Wildman–Crippen MR) is 54.1 cm³/mol. The Bertz CT molecular complexity index is 504. The van der Waals surface area contributed by atoms with Crippen molar-refractivity contribution in [3.05, 3.63) is 30.3 Å². The zero-order chi connectivity index (χ0) is 11.5. The van der Waals surface area contributed by atoms with Crippen LogP contribution in [0.4, 0.5) is 0 Å². The smallest absolute Gasteiger partial charge is 0.394 e. The number of H-pyrrole nitrogens is 1. The van der Waals surface area contributed by atoms with Crippen molar-refractivity contribution in [2.75, 3.05) is 0 Å². The van der Waals surface area contributed by atoms with Gasteiger partial charge in [-0.3, -0.25) is 9.11 Å². The third-order valence-corrected chi connectivity index (χ3v) is 1.52. The lowest BCUT2D eigenvalue weighted by Crippen LogP contribution is -1.89. The fraction of sp³-hybridized carbons (Fsp3) is 0. The summed E-state index contributed by atoms with van der Waals surface area (Å²) < 4.78 is 31.6. The first-order chi connectivity index (χ1) is 6.86. The number of aromatic nitrogens is 1. The molecule has 15 heavy (non-hydrogen) atoms. The summed E-state index contributed by atoms with van der Waals surface area (Å²) in [6.45, 7) is 0. The molecule has 1 aromatic heterocycles. The zero-order valence-electron chi connectivity index (χ0n) is 7.45. The van der Waals surface area contributed by atoms with Gasteiger partial charge in [-0.15, -0.1) is 0 Å². The van der Waals surface area contributed by atoms with Gasteiger partial charge >= 0.3 is 10.4 Å². The van der Waals surface area contributed by atoms with Crippen LogP contribution < -0.4 is 0 Å². The van der Waals surface area contributed by atoms with Gasteiger partial charge < -0.3 is 10.1 Å². The highest BCUT2D eigenvalue weighted by molar-refractivity contribution is 7.79. The van der Waals surface area contributed by atoms with Gasteiger partial charge in [0.1, 0.15) is 0 Å². The first-order valence-corrected chi connectivity index (χ1v) is 5.22. The molecule has 0 aliphatic heterocycles. The molecule has 0 aliphatic carbocycles. The van der Waals surface area contributed by atoms with Crippen LogP contribution in [-0.2, 0) is 10.4 Å². The zero-order valence-corrected chi connectivity index (χ0v) is 8.27. The monoisotopic (exact) mass is 231 g/mol. The summed E-state index contributed by atoms with van der Waals surface area (Å²) in [5, 5.41) is 10.0. The van der Waals surface area contributed by atoms with Crippen molar-refractivity contribution in [2.45, 2.75) is 0 Å². The van der Waals surface area contributed by atoms with E-state index in [2.05, 4.69) is 4.98 Å². The van der Waals surface area contributed by atoms with E-state index < -0.39 is 10.4 Å². The van der Waals surface area contributed by atoms with E-state index in [9.17, 15) is 0 Å². The number of rotatable bonds is 0. The maximum atomic E-state index is 9.00. The average Bonchev–Trinajstić information content (AvgIpc) is 2.40. The quantitative estimate of drug-likeness (QED) is 0.509. The Labute approximate surface area is 85.8 Å². The Morgan fingerprint density at radius 2 is 1.67 bits per heavy atom. The molecule has 1 aromatic carbocycles. The number of fused-ring (bicyclic) bond motifs is 1. The molecule has 0 aliphatic rings. The summed E-state index contributed by atoms with van der Waals surface area (Å²) in [5.41, 5.74) is 0.972. The molecule has 1 heterocycles. The van der Waals surface area contributed by atoms with Crippen molar-refractivity contribution in [3.8, 4) is 5.88 Å². The van der Waals surface area contributed by atoms with Crippen LogP contribution in [0.1, 0.15) is 0 Å². The van der Waals surface area contributed by atoms with Crippen LogP contribution in [0.3, 0.4) is 0 Å². The van der Waals surface area contributed by atoms with Crippen molar-refractivity contribution >= 4 is 21.3 Å². The van der Waals surface area contributed by atoms with E-state index in [-0.39, 0.29) is 5.88 Å². The molecular weight excluding hydrogens is 222 g/mol. The average molecular weight is 231 g/mol. The van der Waals surface area contributed by atoms with Gasteiger partial charge in [0.15, 0.2) is 5.88 Å². The van der Waals surface area contributed by atoms with Gasteiger partial charge in [-0.05, 0) is 6.07 Å².